The summed E-state index contributed by atoms with van der Waals surface area (Å²) >= 11 is 0. The molecule has 1 heteroatoms. The van der Waals surface area contributed by atoms with Gasteiger partial charge in [-0.25, -0.2) is 0 Å². The maximum atomic E-state index is 2.44. The molecule has 0 heterocycles. The Hall–Kier alpha value is -0.350. The van der Waals surface area contributed by atoms with Gasteiger partial charge in [0.15, 0.2) is 0 Å². The Balaban J connectivity index is 2.96. The highest BCUT2D eigenvalue weighted by Crippen LogP contribution is 2.62. The van der Waals surface area contributed by atoms with E-state index in [9.17, 15) is 0 Å². The van der Waals surface area contributed by atoms with E-state index < -0.39 is 0 Å². The quantitative estimate of drug-likeness (QED) is 0.588. The van der Waals surface area contributed by atoms with E-state index in [4.69, 9.17) is 0 Å². The van der Waals surface area contributed by atoms with E-state index in [-0.39, 0.29) is 7.92 Å². The van der Waals surface area contributed by atoms with Gasteiger partial charge < -0.3 is 0 Å². The third-order valence-electron chi connectivity index (χ3n) is 3.87. The molecule has 0 radical (unpaired) electrons. The first kappa shape index (κ1) is 15.7. The van der Waals surface area contributed by atoms with Gasteiger partial charge in [0, 0.05) is 0 Å². The standard InChI is InChI=1S/C17H29P/c1-8-17(6,7)18(16(3,4)5)13-15-11-9-14(2)10-12-15/h9-12H,8,13H2,1-7H3. The van der Waals surface area contributed by atoms with Crippen LogP contribution in [0.2, 0.25) is 0 Å². The van der Waals surface area contributed by atoms with Crippen molar-refractivity contribution in [3.8, 4) is 0 Å². The van der Waals surface area contributed by atoms with Crippen molar-refractivity contribution in [2.24, 2.45) is 0 Å². The van der Waals surface area contributed by atoms with Gasteiger partial charge in [0.05, 0.1) is 0 Å². The summed E-state index contributed by atoms with van der Waals surface area (Å²) in [7, 11) is -0.0310. The van der Waals surface area contributed by atoms with Crippen molar-refractivity contribution in [1.29, 1.82) is 0 Å². The van der Waals surface area contributed by atoms with Crippen molar-refractivity contribution in [3.05, 3.63) is 35.4 Å². The van der Waals surface area contributed by atoms with Gasteiger partial charge in [-0.05, 0) is 35.4 Å². The minimum absolute atomic E-state index is 0.0310. The zero-order valence-corrected chi connectivity index (χ0v) is 14.1. The smallest absolute Gasteiger partial charge is 0.00636 e. The van der Waals surface area contributed by atoms with Crippen LogP contribution in [0.4, 0.5) is 0 Å². The van der Waals surface area contributed by atoms with Crippen molar-refractivity contribution < 1.29 is 0 Å². The largest absolute Gasteiger partial charge is 0.0909 e. The Kier molecular flexibility index (Phi) is 5.01. The summed E-state index contributed by atoms with van der Waals surface area (Å²) in [5.41, 5.74) is 2.86. The van der Waals surface area contributed by atoms with Crippen LogP contribution in [0.15, 0.2) is 24.3 Å². The molecule has 1 aromatic rings. The Morgan fingerprint density at radius 2 is 1.44 bits per heavy atom. The summed E-state index contributed by atoms with van der Waals surface area (Å²) in [6.45, 7) is 16.6. The van der Waals surface area contributed by atoms with Gasteiger partial charge >= 0.3 is 0 Å². The number of hydrogen-bond donors (Lipinski definition) is 0. The van der Waals surface area contributed by atoms with Crippen molar-refractivity contribution in [3.63, 3.8) is 0 Å². The number of hydrogen-bond acceptors (Lipinski definition) is 0. The Labute approximate surface area is 115 Å². The van der Waals surface area contributed by atoms with E-state index >= 15 is 0 Å². The first-order valence-electron chi connectivity index (χ1n) is 7.00. The lowest BCUT2D eigenvalue weighted by Gasteiger charge is -2.43. The first-order valence-corrected chi connectivity index (χ1v) is 8.53. The van der Waals surface area contributed by atoms with Crippen molar-refractivity contribution in [2.45, 2.75) is 71.4 Å². The van der Waals surface area contributed by atoms with Crippen molar-refractivity contribution >= 4 is 7.92 Å². The lowest BCUT2D eigenvalue weighted by molar-refractivity contribution is 0.634. The van der Waals surface area contributed by atoms with Crippen LogP contribution in [0, 0.1) is 6.92 Å². The molecule has 0 fully saturated rings. The van der Waals surface area contributed by atoms with Crippen LogP contribution in [0.5, 0.6) is 0 Å². The molecule has 0 amide bonds. The molecular formula is C17H29P. The topological polar surface area (TPSA) is 0 Å². The number of benzene rings is 1. The van der Waals surface area contributed by atoms with Crippen molar-refractivity contribution in [1.82, 2.24) is 0 Å². The molecule has 0 aliphatic carbocycles. The second-order valence-electron chi connectivity index (χ2n) is 6.91. The fourth-order valence-corrected chi connectivity index (χ4v) is 6.10. The van der Waals surface area contributed by atoms with E-state index in [1.54, 1.807) is 0 Å². The molecule has 0 aromatic heterocycles. The second kappa shape index (κ2) is 5.74. The van der Waals surface area contributed by atoms with Crippen LogP contribution < -0.4 is 0 Å². The van der Waals surface area contributed by atoms with Crippen LogP contribution in [-0.4, -0.2) is 10.3 Å². The highest BCUT2D eigenvalue weighted by molar-refractivity contribution is 7.60. The minimum Gasteiger partial charge on any atom is -0.0909 e. The van der Waals surface area contributed by atoms with Crippen LogP contribution in [-0.2, 0) is 6.16 Å². The summed E-state index contributed by atoms with van der Waals surface area (Å²) in [4.78, 5) is 0. The molecular weight excluding hydrogens is 235 g/mol. The lowest BCUT2D eigenvalue weighted by atomic mass is 10.1. The summed E-state index contributed by atoms with van der Waals surface area (Å²) < 4.78 is 0. The summed E-state index contributed by atoms with van der Waals surface area (Å²) in [6.07, 6.45) is 2.52. The van der Waals surface area contributed by atoms with Gasteiger partial charge in [-0.2, -0.15) is 0 Å². The molecule has 18 heavy (non-hydrogen) atoms. The normalized spacial score (nSPS) is 14.6. The van der Waals surface area contributed by atoms with E-state index in [2.05, 4.69) is 72.7 Å². The van der Waals surface area contributed by atoms with E-state index in [1.165, 1.54) is 23.7 Å². The summed E-state index contributed by atoms with van der Waals surface area (Å²) in [5.74, 6) is 0. The van der Waals surface area contributed by atoms with Gasteiger partial charge in [-0.1, -0.05) is 79.3 Å². The van der Waals surface area contributed by atoms with Crippen molar-refractivity contribution in [2.75, 3.05) is 0 Å². The van der Waals surface area contributed by atoms with E-state index in [0.29, 0.717) is 10.3 Å². The van der Waals surface area contributed by atoms with Gasteiger partial charge in [-0.15, -0.1) is 0 Å². The molecule has 0 bridgehead atoms. The maximum Gasteiger partial charge on any atom is -0.00636 e. The molecule has 0 saturated carbocycles. The fraction of sp³-hybridized carbons (Fsp3) is 0.647. The van der Waals surface area contributed by atoms with Crippen LogP contribution in [0.25, 0.3) is 0 Å². The lowest BCUT2D eigenvalue weighted by Crippen LogP contribution is -2.28. The maximum absolute atomic E-state index is 2.44. The van der Waals surface area contributed by atoms with Crippen LogP contribution in [0.1, 0.15) is 59.1 Å². The predicted octanol–water partition coefficient (Wildman–Crippen LogP) is 5.96. The molecule has 0 N–H and O–H groups in total. The SMILES string of the molecule is CCC(C)(C)P(Cc1ccc(C)cc1)C(C)(C)C. The number of rotatable bonds is 4. The Bertz CT molecular complexity index is 368. The Morgan fingerprint density at radius 1 is 0.944 bits per heavy atom. The van der Waals surface area contributed by atoms with Gasteiger partial charge in [-0.3, -0.25) is 0 Å². The van der Waals surface area contributed by atoms with E-state index in [1.807, 2.05) is 0 Å². The molecule has 1 atom stereocenters. The number of aryl methyl sites for hydroxylation is 1. The van der Waals surface area contributed by atoms with E-state index in [0.717, 1.165) is 0 Å². The molecule has 1 rings (SSSR count). The highest BCUT2D eigenvalue weighted by atomic mass is 31.1. The predicted molar refractivity (Wildman–Crippen MR) is 85.9 cm³/mol. The molecule has 0 spiro atoms. The fourth-order valence-electron chi connectivity index (χ4n) is 2.43. The average molecular weight is 264 g/mol. The zero-order chi connectivity index (χ0) is 14.0. The van der Waals surface area contributed by atoms with Gasteiger partial charge in [0.1, 0.15) is 0 Å². The third-order valence-corrected chi connectivity index (χ3v) is 7.95. The van der Waals surface area contributed by atoms with Crippen LogP contribution in [0.3, 0.4) is 0 Å². The van der Waals surface area contributed by atoms with Crippen LogP contribution >= 0.6 is 7.92 Å². The molecule has 1 aromatic carbocycles. The molecule has 0 nitrogen and oxygen atoms in total. The Morgan fingerprint density at radius 3 is 1.83 bits per heavy atom. The average Bonchev–Trinajstić information content (AvgIpc) is 2.26. The molecule has 0 aliphatic heterocycles. The molecule has 0 aliphatic rings. The first-order chi connectivity index (χ1) is 8.16. The second-order valence-corrected chi connectivity index (χ2v) is 10.6. The van der Waals surface area contributed by atoms with Gasteiger partial charge in [0.2, 0.25) is 0 Å². The summed E-state index contributed by atoms with van der Waals surface area (Å²) in [5, 5.41) is 0.873. The monoisotopic (exact) mass is 264 g/mol. The summed E-state index contributed by atoms with van der Waals surface area (Å²) in [6, 6.07) is 9.10. The zero-order valence-electron chi connectivity index (χ0n) is 13.2. The van der Waals surface area contributed by atoms with Gasteiger partial charge in [0.25, 0.3) is 0 Å². The molecule has 0 saturated heterocycles. The minimum atomic E-state index is -0.0310. The third kappa shape index (κ3) is 4.09. The molecule has 1 unspecified atom stereocenters. The highest BCUT2D eigenvalue weighted by Gasteiger charge is 2.35. The molecule has 102 valence electrons.